The topological polar surface area (TPSA) is 86.7 Å². The monoisotopic (exact) mass is 260 g/mol. The standard InChI is InChI=1S/C10H16O6Si/c1-7(11)5-9(13)15-17(3,4)16-10(14)6-8(2)12/h5-6H2,1-4H3. The predicted molar refractivity (Wildman–Crippen MR) is 60.3 cm³/mol. The highest BCUT2D eigenvalue weighted by molar-refractivity contribution is 6.67. The third kappa shape index (κ3) is 8.32. The second kappa shape index (κ2) is 6.29. The van der Waals surface area contributed by atoms with Crippen molar-refractivity contribution in [2.75, 3.05) is 0 Å². The number of hydrogen-bond donors (Lipinski definition) is 0. The molecule has 96 valence electrons. The minimum Gasteiger partial charge on any atom is -0.485 e. The zero-order chi connectivity index (χ0) is 13.6. The first kappa shape index (κ1) is 15.5. The molecule has 7 heteroatoms. The van der Waals surface area contributed by atoms with Crippen molar-refractivity contribution in [2.24, 2.45) is 0 Å². The van der Waals surface area contributed by atoms with Gasteiger partial charge >= 0.3 is 20.5 Å². The molecule has 0 saturated heterocycles. The Bertz CT molecular complexity index is 315. The van der Waals surface area contributed by atoms with Gasteiger partial charge in [-0.2, -0.15) is 0 Å². The fourth-order valence-corrected chi connectivity index (χ4v) is 2.33. The van der Waals surface area contributed by atoms with Gasteiger partial charge < -0.3 is 8.85 Å². The first-order valence-electron chi connectivity index (χ1n) is 5.05. The number of carbonyl (C=O) groups excluding carboxylic acids is 4. The van der Waals surface area contributed by atoms with Crippen molar-refractivity contribution < 1.29 is 28.0 Å². The highest BCUT2D eigenvalue weighted by atomic mass is 28.4. The Morgan fingerprint density at radius 2 is 1.12 bits per heavy atom. The van der Waals surface area contributed by atoms with Gasteiger partial charge in [0.2, 0.25) is 0 Å². The minimum absolute atomic E-state index is 0.324. The highest BCUT2D eigenvalue weighted by Gasteiger charge is 2.33. The molecule has 0 radical (unpaired) electrons. The van der Waals surface area contributed by atoms with Crippen molar-refractivity contribution in [1.29, 1.82) is 0 Å². The fourth-order valence-electron chi connectivity index (χ4n) is 1.05. The van der Waals surface area contributed by atoms with Crippen LogP contribution in [0.4, 0.5) is 0 Å². The van der Waals surface area contributed by atoms with Crippen LogP contribution in [0, 0.1) is 0 Å². The normalized spacial score (nSPS) is 10.6. The van der Waals surface area contributed by atoms with Gasteiger partial charge in [0.25, 0.3) is 0 Å². The van der Waals surface area contributed by atoms with Crippen molar-refractivity contribution in [3.8, 4) is 0 Å². The van der Waals surface area contributed by atoms with Crippen molar-refractivity contribution in [3.63, 3.8) is 0 Å². The van der Waals surface area contributed by atoms with Crippen molar-refractivity contribution in [2.45, 2.75) is 39.8 Å². The van der Waals surface area contributed by atoms with E-state index in [-0.39, 0.29) is 24.4 Å². The summed E-state index contributed by atoms with van der Waals surface area (Å²) >= 11 is 0. The van der Waals surface area contributed by atoms with Gasteiger partial charge in [-0.05, 0) is 13.8 Å². The van der Waals surface area contributed by atoms with Gasteiger partial charge in [-0.15, -0.1) is 0 Å². The molecule has 0 amide bonds. The van der Waals surface area contributed by atoms with E-state index in [9.17, 15) is 19.2 Å². The molecule has 0 saturated carbocycles. The van der Waals surface area contributed by atoms with Crippen LogP contribution in [0.2, 0.25) is 13.1 Å². The van der Waals surface area contributed by atoms with Crippen LogP contribution in [-0.2, 0) is 28.0 Å². The zero-order valence-corrected chi connectivity index (χ0v) is 11.4. The van der Waals surface area contributed by atoms with Crippen molar-refractivity contribution >= 4 is 32.1 Å². The number of Topliss-reactive ketones (excluding diaryl/α,β-unsaturated/α-hetero) is 2. The summed E-state index contributed by atoms with van der Waals surface area (Å²) in [6, 6.07) is 0. The van der Waals surface area contributed by atoms with E-state index in [4.69, 9.17) is 8.85 Å². The molecule has 0 heterocycles. The molecule has 0 aliphatic rings. The third-order valence-electron chi connectivity index (χ3n) is 1.51. The Balaban J connectivity index is 4.28. The second-order valence-electron chi connectivity index (χ2n) is 4.11. The molecule has 17 heavy (non-hydrogen) atoms. The summed E-state index contributed by atoms with van der Waals surface area (Å²) in [5, 5.41) is 0. The lowest BCUT2D eigenvalue weighted by atomic mass is 10.3. The number of hydrogen-bond acceptors (Lipinski definition) is 6. The molecule has 0 rings (SSSR count). The van der Waals surface area contributed by atoms with Crippen LogP contribution < -0.4 is 0 Å². The van der Waals surface area contributed by atoms with E-state index >= 15 is 0 Å². The summed E-state index contributed by atoms with van der Waals surface area (Å²) < 4.78 is 9.85. The molecule has 6 nitrogen and oxygen atoms in total. The minimum atomic E-state index is -2.97. The Hall–Kier alpha value is -1.50. The van der Waals surface area contributed by atoms with Crippen molar-refractivity contribution in [3.05, 3.63) is 0 Å². The SMILES string of the molecule is CC(=O)CC(=O)O[Si](C)(C)OC(=O)CC(C)=O. The first-order chi connectivity index (χ1) is 7.62. The lowest BCUT2D eigenvalue weighted by molar-refractivity contribution is -0.142. The molecule has 0 bridgehead atoms. The third-order valence-corrected chi connectivity index (χ3v) is 2.94. The molecule has 0 aliphatic heterocycles. The van der Waals surface area contributed by atoms with Gasteiger partial charge in [-0.25, -0.2) is 0 Å². The lowest BCUT2D eigenvalue weighted by Crippen LogP contribution is -2.40. The summed E-state index contributed by atoms with van der Waals surface area (Å²) in [7, 11) is -2.97. The van der Waals surface area contributed by atoms with Crippen LogP contribution in [0.5, 0.6) is 0 Å². The average Bonchev–Trinajstić information content (AvgIpc) is 1.95. The number of rotatable bonds is 6. The Labute approximate surface area is 101 Å². The summed E-state index contributed by atoms with van der Waals surface area (Å²) in [6.45, 7) is 5.50. The number of ketones is 2. The van der Waals surface area contributed by atoms with Crippen molar-refractivity contribution in [1.82, 2.24) is 0 Å². The molecular weight excluding hydrogens is 244 g/mol. The number of carbonyl (C=O) groups is 4. The van der Waals surface area contributed by atoms with Gasteiger partial charge in [0.1, 0.15) is 24.4 Å². The maximum Gasteiger partial charge on any atom is 0.457 e. The van der Waals surface area contributed by atoms with Crippen LogP contribution in [-0.4, -0.2) is 32.1 Å². The average molecular weight is 260 g/mol. The van der Waals surface area contributed by atoms with Gasteiger partial charge in [0.15, 0.2) is 0 Å². The highest BCUT2D eigenvalue weighted by Crippen LogP contribution is 2.09. The summed E-state index contributed by atoms with van der Waals surface area (Å²) in [5.74, 6) is -2.08. The first-order valence-corrected chi connectivity index (χ1v) is 7.86. The van der Waals surface area contributed by atoms with Crippen LogP contribution in [0.3, 0.4) is 0 Å². The molecule has 0 aliphatic carbocycles. The van der Waals surface area contributed by atoms with Crippen LogP contribution >= 0.6 is 0 Å². The quantitative estimate of drug-likeness (QED) is 0.517. The predicted octanol–water partition coefficient (Wildman–Crippen LogP) is 0.733. The lowest BCUT2D eigenvalue weighted by Gasteiger charge is -2.21. The van der Waals surface area contributed by atoms with E-state index in [0.717, 1.165) is 0 Å². The Kier molecular flexibility index (Phi) is 5.73. The van der Waals surface area contributed by atoms with E-state index < -0.39 is 20.5 Å². The largest absolute Gasteiger partial charge is 0.485 e. The molecule has 0 N–H and O–H groups in total. The molecule has 0 spiro atoms. The van der Waals surface area contributed by atoms with Crippen LogP contribution in [0.1, 0.15) is 26.7 Å². The summed E-state index contributed by atoms with van der Waals surface area (Å²) in [6.07, 6.45) is -0.693. The molecule has 0 aromatic rings. The summed E-state index contributed by atoms with van der Waals surface area (Å²) in [4.78, 5) is 43.8. The van der Waals surface area contributed by atoms with Gasteiger partial charge in [-0.3, -0.25) is 19.2 Å². The fraction of sp³-hybridized carbons (Fsp3) is 0.600. The molecule has 0 aromatic carbocycles. The molecule has 0 fully saturated rings. The maximum absolute atomic E-state index is 11.2. The Morgan fingerprint density at radius 3 is 1.35 bits per heavy atom. The second-order valence-corrected chi connectivity index (χ2v) is 7.31. The van der Waals surface area contributed by atoms with Gasteiger partial charge in [0, 0.05) is 13.1 Å². The van der Waals surface area contributed by atoms with E-state index in [1.165, 1.54) is 26.9 Å². The molecule has 0 unspecified atom stereocenters. The van der Waals surface area contributed by atoms with E-state index in [1.54, 1.807) is 0 Å². The van der Waals surface area contributed by atoms with Gasteiger partial charge in [-0.1, -0.05) is 0 Å². The van der Waals surface area contributed by atoms with Gasteiger partial charge in [0.05, 0.1) is 0 Å². The van der Waals surface area contributed by atoms with Crippen LogP contribution in [0.25, 0.3) is 0 Å². The smallest absolute Gasteiger partial charge is 0.457 e. The van der Waals surface area contributed by atoms with E-state index in [2.05, 4.69) is 0 Å². The Morgan fingerprint density at radius 1 is 0.824 bits per heavy atom. The van der Waals surface area contributed by atoms with E-state index in [0.29, 0.717) is 0 Å². The van der Waals surface area contributed by atoms with E-state index in [1.807, 2.05) is 0 Å². The molecular formula is C10H16O6Si. The zero-order valence-electron chi connectivity index (χ0n) is 10.4. The summed E-state index contributed by atoms with van der Waals surface area (Å²) in [5.41, 5.74) is 0. The maximum atomic E-state index is 11.2. The van der Waals surface area contributed by atoms with Crippen LogP contribution in [0.15, 0.2) is 0 Å². The molecule has 0 aromatic heterocycles. The molecule has 0 atom stereocenters.